The van der Waals surface area contributed by atoms with Crippen LogP contribution in [0.2, 0.25) is 0 Å². The number of hydrogen-bond acceptors (Lipinski definition) is 9. The molecular weight excluding hydrogens is 370 g/mol. The minimum atomic E-state index is -3.93. The van der Waals surface area contributed by atoms with Gasteiger partial charge in [-0.25, -0.2) is 23.1 Å². The Bertz CT molecular complexity index is 1070. The van der Waals surface area contributed by atoms with E-state index in [9.17, 15) is 8.42 Å². The normalized spacial score (nSPS) is 9.85. The second-order valence-corrected chi connectivity index (χ2v) is 6.47. The third-order valence-electron chi connectivity index (χ3n) is 3.11. The van der Waals surface area contributed by atoms with Crippen molar-refractivity contribution < 1.29 is 13.2 Å². The van der Waals surface area contributed by atoms with Crippen molar-refractivity contribution in [3.05, 3.63) is 47.9 Å². The topological polar surface area (TPSA) is 165 Å². The first-order valence-electron chi connectivity index (χ1n) is 7.14. The number of nitriles is 3. The van der Waals surface area contributed by atoms with Crippen molar-refractivity contribution in [1.82, 2.24) is 9.97 Å². The molecule has 0 aliphatic heterocycles. The zero-order chi connectivity index (χ0) is 19.9. The highest BCUT2D eigenvalue weighted by molar-refractivity contribution is 7.92. The summed E-state index contributed by atoms with van der Waals surface area (Å²) in [4.78, 5) is 7.58. The van der Waals surface area contributed by atoms with Crippen LogP contribution in [0.1, 0.15) is 0 Å². The Balaban J connectivity index is 2.20. The van der Waals surface area contributed by atoms with Gasteiger partial charge in [0.05, 0.1) is 24.4 Å². The number of sulfonamides is 1. The third kappa shape index (κ3) is 4.69. The summed E-state index contributed by atoms with van der Waals surface area (Å²) in [5.74, 6) is 0.254. The largest absolute Gasteiger partial charge is 0.494 e. The number of benzene rings is 1. The average Bonchev–Trinajstić information content (AvgIpc) is 2.68. The molecule has 0 fully saturated rings. The van der Waals surface area contributed by atoms with Gasteiger partial charge in [0.2, 0.25) is 5.95 Å². The Kier molecular flexibility index (Phi) is 5.90. The molecule has 1 heterocycles. The monoisotopic (exact) mass is 381 g/mol. The number of aromatic nitrogens is 2. The Morgan fingerprint density at radius 1 is 1.04 bits per heavy atom. The second-order valence-electron chi connectivity index (χ2n) is 4.79. The summed E-state index contributed by atoms with van der Waals surface area (Å²) in [5, 5.41) is 29.2. The lowest BCUT2D eigenvalue weighted by Crippen LogP contribution is -2.15. The molecule has 0 spiro atoms. The minimum absolute atomic E-state index is 0.0734. The van der Waals surface area contributed by atoms with Crippen LogP contribution in [-0.2, 0) is 10.0 Å². The van der Waals surface area contributed by atoms with Gasteiger partial charge in [-0.15, -0.1) is 0 Å². The van der Waals surface area contributed by atoms with Gasteiger partial charge in [-0.05, 0) is 24.3 Å². The Morgan fingerprint density at radius 3 is 2.11 bits per heavy atom. The lowest BCUT2D eigenvalue weighted by molar-refractivity contribution is 0.411. The molecule has 1 aromatic carbocycles. The Labute approximate surface area is 155 Å². The molecule has 0 atom stereocenters. The summed E-state index contributed by atoms with van der Waals surface area (Å²) in [6.07, 6.45) is 2.63. The van der Waals surface area contributed by atoms with Crippen molar-refractivity contribution in [1.29, 1.82) is 15.8 Å². The number of hydrogen-bond donors (Lipinski definition) is 2. The molecule has 0 unspecified atom stereocenters. The minimum Gasteiger partial charge on any atom is -0.494 e. The van der Waals surface area contributed by atoms with Crippen molar-refractivity contribution >= 4 is 21.7 Å². The van der Waals surface area contributed by atoms with Gasteiger partial charge in [-0.3, -0.25) is 0 Å². The number of allylic oxidation sites excluding steroid dienone is 2. The van der Waals surface area contributed by atoms with Gasteiger partial charge in [0.15, 0.2) is 11.3 Å². The van der Waals surface area contributed by atoms with E-state index in [-0.39, 0.29) is 22.1 Å². The van der Waals surface area contributed by atoms with Crippen molar-refractivity contribution in [3.8, 4) is 24.0 Å². The number of anilines is 2. The van der Waals surface area contributed by atoms with Gasteiger partial charge in [-0.2, -0.15) is 15.8 Å². The van der Waals surface area contributed by atoms with Crippen LogP contribution in [0.3, 0.4) is 0 Å². The molecule has 0 radical (unpaired) electrons. The maximum absolute atomic E-state index is 12.4. The molecule has 11 heteroatoms. The fraction of sp³-hybridized carbons (Fsp3) is 0.0625. The van der Waals surface area contributed by atoms with Gasteiger partial charge in [0.25, 0.3) is 10.0 Å². The van der Waals surface area contributed by atoms with Crippen LogP contribution in [0, 0.1) is 34.0 Å². The van der Waals surface area contributed by atoms with E-state index in [1.54, 1.807) is 18.2 Å². The molecule has 0 saturated carbocycles. The predicted molar refractivity (Wildman–Crippen MR) is 93.3 cm³/mol. The van der Waals surface area contributed by atoms with Crippen molar-refractivity contribution in [3.63, 3.8) is 0 Å². The van der Waals surface area contributed by atoms with Gasteiger partial charge in [0, 0.05) is 5.69 Å². The molecule has 1 aromatic heterocycles. The molecule has 2 N–H and O–H groups in total. The number of rotatable bonds is 6. The number of nitrogens with one attached hydrogen (secondary N) is 2. The highest BCUT2D eigenvalue weighted by atomic mass is 32.2. The maximum atomic E-state index is 12.4. The Hall–Kier alpha value is -4.14. The molecule has 27 heavy (non-hydrogen) atoms. The van der Waals surface area contributed by atoms with Crippen LogP contribution in [-0.4, -0.2) is 25.5 Å². The van der Waals surface area contributed by atoms with E-state index in [0.717, 1.165) is 0 Å². The highest BCUT2D eigenvalue weighted by Crippen LogP contribution is 2.18. The molecule has 0 bridgehead atoms. The smallest absolute Gasteiger partial charge is 0.264 e. The van der Waals surface area contributed by atoms with E-state index in [2.05, 4.69) is 20.0 Å². The van der Waals surface area contributed by atoms with Gasteiger partial charge in [-0.1, -0.05) is 0 Å². The summed E-state index contributed by atoms with van der Waals surface area (Å²) >= 11 is 0. The van der Waals surface area contributed by atoms with Crippen LogP contribution >= 0.6 is 0 Å². The van der Waals surface area contributed by atoms with Crippen LogP contribution in [0.15, 0.2) is 52.8 Å². The summed E-state index contributed by atoms with van der Waals surface area (Å²) in [7, 11) is -2.50. The second kappa shape index (κ2) is 8.30. The van der Waals surface area contributed by atoms with E-state index in [1.807, 2.05) is 0 Å². The SMILES string of the molecule is COc1cnc(NS(=O)(=O)c2ccc(NC(C#N)=C(C#N)C#N)cc2)nc1. The predicted octanol–water partition coefficient (Wildman–Crippen LogP) is 1.52. The molecule has 2 rings (SSSR count). The fourth-order valence-electron chi connectivity index (χ4n) is 1.80. The zero-order valence-electron chi connectivity index (χ0n) is 13.8. The molecule has 0 amide bonds. The Morgan fingerprint density at radius 2 is 1.63 bits per heavy atom. The number of nitrogens with zero attached hydrogens (tertiary/aromatic N) is 5. The van der Waals surface area contributed by atoms with E-state index >= 15 is 0 Å². The molecule has 10 nitrogen and oxygen atoms in total. The lowest BCUT2D eigenvalue weighted by atomic mass is 10.2. The van der Waals surface area contributed by atoms with Gasteiger partial charge < -0.3 is 10.1 Å². The fourth-order valence-corrected chi connectivity index (χ4v) is 2.76. The van der Waals surface area contributed by atoms with E-state index in [4.69, 9.17) is 20.5 Å². The number of ether oxygens (including phenoxy) is 1. The third-order valence-corrected chi connectivity index (χ3v) is 4.45. The molecule has 0 aliphatic rings. The van der Waals surface area contributed by atoms with Gasteiger partial charge in [0.1, 0.15) is 23.9 Å². The summed E-state index contributed by atoms with van der Waals surface area (Å²) in [6.45, 7) is 0. The van der Waals surface area contributed by atoms with Crippen molar-refractivity contribution in [2.45, 2.75) is 4.90 Å². The van der Waals surface area contributed by atoms with Crippen molar-refractivity contribution in [2.24, 2.45) is 0 Å². The molecule has 0 aliphatic carbocycles. The lowest BCUT2D eigenvalue weighted by Gasteiger charge is -2.09. The number of methoxy groups -OCH3 is 1. The van der Waals surface area contributed by atoms with E-state index in [0.29, 0.717) is 11.4 Å². The van der Waals surface area contributed by atoms with Crippen LogP contribution in [0.4, 0.5) is 11.6 Å². The quantitative estimate of drug-likeness (QED) is 0.705. The summed E-state index contributed by atoms with van der Waals surface area (Å²) in [6, 6.07) is 10.2. The summed E-state index contributed by atoms with van der Waals surface area (Å²) in [5.41, 5.74) is -0.290. The maximum Gasteiger partial charge on any atom is 0.264 e. The van der Waals surface area contributed by atoms with E-state index < -0.39 is 10.0 Å². The standard InChI is InChI=1S/C16H11N7O3S/c1-26-13-9-20-16(21-10-13)23-27(24,25)14-4-2-12(3-5-14)22-15(8-19)11(6-17)7-18/h2-5,9-10,22H,1H3,(H,20,21,23). The first-order chi connectivity index (χ1) is 12.9. The van der Waals surface area contributed by atoms with Crippen LogP contribution < -0.4 is 14.8 Å². The van der Waals surface area contributed by atoms with Crippen LogP contribution in [0.5, 0.6) is 5.75 Å². The molecule has 2 aromatic rings. The molecular formula is C16H11N7O3S. The molecule has 134 valence electrons. The van der Waals surface area contributed by atoms with Crippen molar-refractivity contribution in [2.75, 3.05) is 17.1 Å². The summed E-state index contributed by atoms with van der Waals surface area (Å²) < 4.78 is 31.8. The van der Waals surface area contributed by atoms with Crippen LogP contribution in [0.25, 0.3) is 0 Å². The molecule has 0 saturated heterocycles. The highest BCUT2D eigenvalue weighted by Gasteiger charge is 2.16. The first-order valence-corrected chi connectivity index (χ1v) is 8.62. The first kappa shape index (κ1) is 19.2. The average molecular weight is 381 g/mol. The van der Waals surface area contributed by atoms with E-state index in [1.165, 1.54) is 43.8 Å². The zero-order valence-corrected chi connectivity index (χ0v) is 14.6. The van der Waals surface area contributed by atoms with Gasteiger partial charge >= 0.3 is 0 Å².